The summed E-state index contributed by atoms with van der Waals surface area (Å²) in [7, 11) is 0. The van der Waals surface area contributed by atoms with Gasteiger partial charge in [0.05, 0.1) is 0 Å². The Morgan fingerprint density at radius 1 is 1.40 bits per heavy atom. The minimum atomic E-state index is -0.719. The van der Waals surface area contributed by atoms with Crippen LogP contribution in [0.5, 0.6) is 0 Å². The van der Waals surface area contributed by atoms with E-state index in [0.717, 1.165) is 5.56 Å². The third-order valence-corrected chi connectivity index (χ3v) is 1.95. The van der Waals surface area contributed by atoms with Crippen LogP contribution in [0.2, 0.25) is 0 Å². The van der Waals surface area contributed by atoms with E-state index in [2.05, 4.69) is 15.1 Å². The first kappa shape index (κ1) is 9.79. The van der Waals surface area contributed by atoms with Crippen molar-refractivity contribution in [3.8, 4) is 0 Å². The zero-order chi connectivity index (χ0) is 10.7. The maximum absolute atomic E-state index is 9.20. The van der Waals surface area contributed by atoms with Gasteiger partial charge in [0.1, 0.15) is 6.10 Å². The Morgan fingerprint density at radius 2 is 2.13 bits per heavy atom. The lowest BCUT2D eigenvalue weighted by Crippen LogP contribution is -1.93. The predicted molar refractivity (Wildman–Crippen MR) is 52.0 cm³/mol. The molecule has 0 fully saturated rings. The topological polar surface area (TPSA) is 72.0 Å². The second-order valence-electron chi connectivity index (χ2n) is 3.26. The summed E-state index contributed by atoms with van der Waals surface area (Å²) >= 11 is 0. The summed E-state index contributed by atoms with van der Waals surface area (Å²) in [6.45, 7) is 1.59. The third-order valence-electron chi connectivity index (χ3n) is 1.95. The van der Waals surface area contributed by atoms with Crippen LogP contribution in [0.4, 0.5) is 0 Å². The number of hydrogen-bond acceptors (Lipinski definition) is 5. The lowest BCUT2D eigenvalue weighted by atomic mass is 10.2. The summed E-state index contributed by atoms with van der Waals surface area (Å²) < 4.78 is 4.87. The largest absolute Gasteiger partial charge is 0.384 e. The van der Waals surface area contributed by atoms with Crippen molar-refractivity contribution in [3.05, 3.63) is 41.8 Å². The summed E-state index contributed by atoms with van der Waals surface area (Å²) in [5.74, 6) is 0.816. The number of aromatic nitrogens is 3. The molecule has 0 bridgehead atoms. The number of hydrogen-bond donors (Lipinski definition) is 1. The maximum Gasteiger partial charge on any atom is 0.255 e. The van der Waals surface area contributed by atoms with Crippen LogP contribution in [0.1, 0.15) is 30.3 Å². The molecule has 5 nitrogen and oxygen atoms in total. The van der Waals surface area contributed by atoms with Gasteiger partial charge < -0.3 is 9.63 Å². The average molecular weight is 205 g/mol. The van der Waals surface area contributed by atoms with Crippen molar-refractivity contribution >= 4 is 0 Å². The number of rotatable bonds is 3. The standard InChI is InChI=1S/C10H11N3O2/c1-7(14)10-12-9(13-15-10)6-8-2-4-11-5-3-8/h2-5,7,14H,6H2,1H3. The average Bonchev–Trinajstić information content (AvgIpc) is 2.68. The second-order valence-corrected chi connectivity index (χ2v) is 3.26. The van der Waals surface area contributed by atoms with Gasteiger partial charge in [-0.3, -0.25) is 4.98 Å². The molecule has 2 aromatic rings. The molecule has 0 saturated heterocycles. The molecule has 0 aliphatic heterocycles. The zero-order valence-corrected chi connectivity index (χ0v) is 8.29. The fourth-order valence-electron chi connectivity index (χ4n) is 1.19. The third kappa shape index (κ3) is 2.38. The molecular formula is C10H11N3O2. The molecular weight excluding hydrogens is 194 g/mol. The van der Waals surface area contributed by atoms with E-state index in [-0.39, 0.29) is 5.89 Å². The van der Waals surface area contributed by atoms with Gasteiger partial charge in [-0.05, 0) is 24.6 Å². The first-order chi connectivity index (χ1) is 7.25. The van der Waals surface area contributed by atoms with E-state index < -0.39 is 6.10 Å². The van der Waals surface area contributed by atoms with Gasteiger partial charge in [-0.25, -0.2) is 0 Å². The first-order valence-corrected chi connectivity index (χ1v) is 4.65. The normalized spacial score (nSPS) is 12.7. The van der Waals surface area contributed by atoms with Crippen LogP contribution >= 0.6 is 0 Å². The van der Waals surface area contributed by atoms with Crippen LogP contribution < -0.4 is 0 Å². The Kier molecular flexibility index (Phi) is 2.73. The van der Waals surface area contributed by atoms with Crippen molar-refractivity contribution < 1.29 is 9.63 Å². The molecule has 0 amide bonds. The number of nitrogens with zero attached hydrogens (tertiary/aromatic N) is 3. The number of aliphatic hydroxyl groups excluding tert-OH is 1. The molecule has 0 spiro atoms. The van der Waals surface area contributed by atoms with Gasteiger partial charge in [-0.1, -0.05) is 5.16 Å². The Morgan fingerprint density at radius 3 is 2.73 bits per heavy atom. The Bertz CT molecular complexity index is 425. The van der Waals surface area contributed by atoms with E-state index in [1.54, 1.807) is 19.3 Å². The van der Waals surface area contributed by atoms with Crippen molar-refractivity contribution in [3.63, 3.8) is 0 Å². The summed E-state index contributed by atoms with van der Waals surface area (Å²) in [6.07, 6.45) is 3.29. The number of pyridine rings is 1. The lowest BCUT2D eigenvalue weighted by Gasteiger charge is -1.94. The van der Waals surface area contributed by atoms with Gasteiger partial charge in [-0.15, -0.1) is 0 Å². The van der Waals surface area contributed by atoms with Gasteiger partial charge in [0.2, 0.25) is 0 Å². The van der Waals surface area contributed by atoms with E-state index in [1.165, 1.54) is 0 Å². The van der Waals surface area contributed by atoms with E-state index in [0.29, 0.717) is 12.2 Å². The highest BCUT2D eigenvalue weighted by Crippen LogP contribution is 2.10. The molecule has 1 atom stereocenters. The van der Waals surface area contributed by atoms with Gasteiger partial charge in [0.15, 0.2) is 5.82 Å². The fourth-order valence-corrected chi connectivity index (χ4v) is 1.19. The summed E-state index contributed by atoms with van der Waals surface area (Å²) in [5, 5.41) is 13.0. The van der Waals surface area contributed by atoms with E-state index in [4.69, 9.17) is 4.52 Å². The zero-order valence-electron chi connectivity index (χ0n) is 8.29. The Balaban J connectivity index is 2.12. The van der Waals surface area contributed by atoms with Crippen molar-refractivity contribution in [1.82, 2.24) is 15.1 Å². The monoisotopic (exact) mass is 205 g/mol. The molecule has 2 rings (SSSR count). The molecule has 2 heterocycles. The Hall–Kier alpha value is -1.75. The van der Waals surface area contributed by atoms with Gasteiger partial charge in [0, 0.05) is 18.8 Å². The number of aliphatic hydroxyl groups is 1. The van der Waals surface area contributed by atoms with Crippen LogP contribution in [-0.4, -0.2) is 20.2 Å². The quantitative estimate of drug-likeness (QED) is 0.812. The van der Waals surface area contributed by atoms with Gasteiger partial charge in [0.25, 0.3) is 5.89 Å². The second kappa shape index (κ2) is 4.18. The molecule has 15 heavy (non-hydrogen) atoms. The van der Waals surface area contributed by atoms with Crippen LogP contribution in [0.25, 0.3) is 0 Å². The van der Waals surface area contributed by atoms with Crippen molar-refractivity contribution in [2.45, 2.75) is 19.4 Å². The Labute approximate surface area is 86.8 Å². The highest BCUT2D eigenvalue weighted by atomic mass is 16.5. The van der Waals surface area contributed by atoms with Gasteiger partial charge >= 0.3 is 0 Å². The minimum absolute atomic E-state index is 0.249. The molecule has 1 N–H and O–H groups in total. The molecule has 5 heteroatoms. The van der Waals surface area contributed by atoms with E-state index >= 15 is 0 Å². The van der Waals surface area contributed by atoms with Crippen LogP contribution in [0, 0.1) is 0 Å². The van der Waals surface area contributed by atoms with Crippen LogP contribution in [0.3, 0.4) is 0 Å². The molecule has 1 unspecified atom stereocenters. The highest BCUT2D eigenvalue weighted by molar-refractivity contribution is 5.14. The molecule has 0 aliphatic rings. The highest BCUT2D eigenvalue weighted by Gasteiger charge is 2.11. The summed E-state index contributed by atoms with van der Waals surface area (Å²) in [5.41, 5.74) is 1.06. The molecule has 0 aliphatic carbocycles. The van der Waals surface area contributed by atoms with Crippen molar-refractivity contribution in [1.29, 1.82) is 0 Å². The molecule has 78 valence electrons. The fraction of sp³-hybridized carbons (Fsp3) is 0.300. The molecule has 2 aromatic heterocycles. The summed E-state index contributed by atoms with van der Waals surface area (Å²) in [6, 6.07) is 3.77. The SMILES string of the molecule is CC(O)c1nc(Cc2ccncc2)no1. The van der Waals surface area contributed by atoms with Gasteiger partial charge in [-0.2, -0.15) is 4.98 Å². The maximum atomic E-state index is 9.20. The lowest BCUT2D eigenvalue weighted by molar-refractivity contribution is 0.151. The van der Waals surface area contributed by atoms with Crippen LogP contribution in [0.15, 0.2) is 29.0 Å². The minimum Gasteiger partial charge on any atom is -0.384 e. The molecule has 0 aromatic carbocycles. The predicted octanol–water partition coefficient (Wildman–Crippen LogP) is 1.11. The van der Waals surface area contributed by atoms with Crippen LogP contribution in [-0.2, 0) is 6.42 Å². The smallest absolute Gasteiger partial charge is 0.255 e. The molecule has 0 saturated carbocycles. The molecule has 0 radical (unpaired) electrons. The van der Waals surface area contributed by atoms with Crippen molar-refractivity contribution in [2.24, 2.45) is 0 Å². The van der Waals surface area contributed by atoms with E-state index in [1.807, 2.05) is 12.1 Å². The van der Waals surface area contributed by atoms with Crippen molar-refractivity contribution in [2.75, 3.05) is 0 Å². The summed E-state index contributed by atoms with van der Waals surface area (Å²) in [4.78, 5) is 7.97. The van der Waals surface area contributed by atoms with E-state index in [9.17, 15) is 5.11 Å². The first-order valence-electron chi connectivity index (χ1n) is 4.65.